The lowest BCUT2D eigenvalue weighted by atomic mass is 10.2. The predicted octanol–water partition coefficient (Wildman–Crippen LogP) is 3.73. The number of nitrogens with one attached hydrogen (secondary N) is 1. The largest absolute Gasteiger partial charge is 0.326 e. The standard InChI is InChI=1S/C12H16ClNOS/c1-9-8-10(13)5-6-11(9)14-12(15)4-3-7-16-2/h5-6,8H,3-4,7H2,1-2H3,(H,14,15). The van der Waals surface area contributed by atoms with Crippen LogP contribution in [0, 0.1) is 6.92 Å². The van der Waals surface area contributed by atoms with Gasteiger partial charge in [-0.3, -0.25) is 4.79 Å². The highest BCUT2D eigenvalue weighted by Gasteiger charge is 2.04. The van der Waals surface area contributed by atoms with E-state index in [2.05, 4.69) is 5.32 Å². The molecule has 4 heteroatoms. The van der Waals surface area contributed by atoms with Gasteiger partial charge in [0.25, 0.3) is 0 Å². The molecule has 1 N–H and O–H groups in total. The van der Waals surface area contributed by atoms with E-state index in [9.17, 15) is 4.79 Å². The lowest BCUT2D eigenvalue weighted by Gasteiger charge is -2.08. The number of rotatable bonds is 5. The van der Waals surface area contributed by atoms with Crippen LogP contribution in [0.25, 0.3) is 0 Å². The molecule has 1 rings (SSSR count). The minimum atomic E-state index is 0.0690. The average molecular weight is 258 g/mol. The number of benzene rings is 1. The monoisotopic (exact) mass is 257 g/mol. The van der Waals surface area contributed by atoms with Gasteiger partial charge in [0, 0.05) is 17.1 Å². The van der Waals surface area contributed by atoms with Gasteiger partial charge in [0.15, 0.2) is 0 Å². The van der Waals surface area contributed by atoms with Crippen molar-refractivity contribution in [2.24, 2.45) is 0 Å². The summed E-state index contributed by atoms with van der Waals surface area (Å²) in [6.07, 6.45) is 3.53. The molecule has 0 fully saturated rings. The molecule has 2 nitrogen and oxygen atoms in total. The lowest BCUT2D eigenvalue weighted by Crippen LogP contribution is -2.12. The van der Waals surface area contributed by atoms with Crippen LogP contribution in [0.3, 0.4) is 0 Å². The van der Waals surface area contributed by atoms with Gasteiger partial charge in [-0.2, -0.15) is 11.8 Å². The maximum absolute atomic E-state index is 11.6. The first kappa shape index (κ1) is 13.4. The molecule has 1 amide bonds. The quantitative estimate of drug-likeness (QED) is 0.815. The number of carbonyl (C=O) groups is 1. The molecule has 1 aromatic rings. The first-order chi connectivity index (χ1) is 7.63. The molecule has 0 aromatic heterocycles. The summed E-state index contributed by atoms with van der Waals surface area (Å²) in [5, 5.41) is 3.58. The van der Waals surface area contributed by atoms with E-state index in [1.54, 1.807) is 17.8 Å². The summed E-state index contributed by atoms with van der Waals surface area (Å²) in [5.74, 6) is 1.09. The zero-order chi connectivity index (χ0) is 12.0. The summed E-state index contributed by atoms with van der Waals surface area (Å²) in [4.78, 5) is 11.6. The van der Waals surface area contributed by atoms with Gasteiger partial charge < -0.3 is 5.32 Å². The molecule has 16 heavy (non-hydrogen) atoms. The molecule has 0 saturated carbocycles. The predicted molar refractivity (Wildman–Crippen MR) is 72.4 cm³/mol. The Bertz CT molecular complexity index is 368. The Hall–Kier alpha value is -0.670. The number of aryl methyl sites for hydroxylation is 1. The van der Waals surface area contributed by atoms with Crippen LogP contribution in [0.2, 0.25) is 5.02 Å². The molecular formula is C12H16ClNOS. The van der Waals surface area contributed by atoms with Crippen molar-refractivity contribution in [3.63, 3.8) is 0 Å². The van der Waals surface area contributed by atoms with Crippen molar-refractivity contribution in [3.05, 3.63) is 28.8 Å². The summed E-state index contributed by atoms with van der Waals surface area (Å²) in [6, 6.07) is 5.47. The molecule has 0 spiro atoms. The van der Waals surface area contributed by atoms with Crippen LogP contribution in [0.1, 0.15) is 18.4 Å². The molecule has 0 atom stereocenters. The van der Waals surface area contributed by atoms with Crippen LogP contribution >= 0.6 is 23.4 Å². The van der Waals surface area contributed by atoms with Gasteiger partial charge in [0.1, 0.15) is 0 Å². The fourth-order valence-electron chi connectivity index (χ4n) is 1.36. The normalized spacial score (nSPS) is 10.2. The number of halogens is 1. The fourth-order valence-corrected chi connectivity index (χ4v) is 2.02. The highest BCUT2D eigenvalue weighted by molar-refractivity contribution is 7.98. The van der Waals surface area contributed by atoms with Gasteiger partial charge in [0.2, 0.25) is 5.91 Å². The highest BCUT2D eigenvalue weighted by Crippen LogP contribution is 2.19. The fraction of sp³-hybridized carbons (Fsp3) is 0.417. The molecule has 0 heterocycles. The van der Waals surface area contributed by atoms with Crippen LogP contribution in [0.4, 0.5) is 5.69 Å². The number of hydrogen-bond acceptors (Lipinski definition) is 2. The van der Waals surface area contributed by atoms with Crippen molar-refractivity contribution in [1.29, 1.82) is 0 Å². The van der Waals surface area contributed by atoms with E-state index in [4.69, 9.17) is 11.6 Å². The number of anilines is 1. The first-order valence-corrected chi connectivity index (χ1v) is 6.95. The van der Waals surface area contributed by atoms with Crippen molar-refractivity contribution in [2.75, 3.05) is 17.3 Å². The summed E-state index contributed by atoms with van der Waals surface area (Å²) in [5.41, 5.74) is 1.84. The van der Waals surface area contributed by atoms with E-state index in [1.165, 1.54) is 0 Å². The molecule has 1 aromatic carbocycles. The number of thioether (sulfide) groups is 1. The molecule has 0 aliphatic heterocycles. The lowest BCUT2D eigenvalue weighted by molar-refractivity contribution is -0.116. The smallest absolute Gasteiger partial charge is 0.224 e. The van der Waals surface area contributed by atoms with Crippen molar-refractivity contribution in [3.8, 4) is 0 Å². The van der Waals surface area contributed by atoms with Crippen molar-refractivity contribution < 1.29 is 4.79 Å². The minimum Gasteiger partial charge on any atom is -0.326 e. The Morgan fingerprint density at radius 2 is 2.25 bits per heavy atom. The molecule has 0 bridgehead atoms. The van der Waals surface area contributed by atoms with Crippen LogP contribution in [-0.2, 0) is 4.79 Å². The molecule has 0 radical (unpaired) electrons. The molecular weight excluding hydrogens is 242 g/mol. The minimum absolute atomic E-state index is 0.0690. The second-order valence-corrected chi connectivity index (χ2v) is 5.03. The summed E-state index contributed by atoms with van der Waals surface area (Å²) < 4.78 is 0. The van der Waals surface area contributed by atoms with Crippen LogP contribution in [0.5, 0.6) is 0 Å². The summed E-state index contributed by atoms with van der Waals surface area (Å²) in [7, 11) is 0. The van der Waals surface area contributed by atoms with E-state index < -0.39 is 0 Å². The van der Waals surface area contributed by atoms with Crippen LogP contribution < -0.4 is 5.32 Å². The number of carbonyl (C=O) groups excluding carboxylic acids is 1. The summed E-state index contributed by atoms with van der Waals surface area (Å²) >= 11 is 7.60. The second-order valence-electron chi connectivity index (χ2n) is 3.60. The third-order valence-electron chi connectivity index (χ3n) is 2.21. The summed E-state index contributed by atoms with van der Waals surface area (Å²) in [6.45, 7) is 1.93. The van der Waals surface area contributed by atoms with Crippen molar-refractivity contribution in [1.82, 2.24) is 0 Å². The van der Waals surface area contributed by atoms with E-state index in [1.807, 2.05) is 25.3 Å². The number of hydrogen-bond donors (Lipinski definition) is 1. The Morgan fingerprint density at radius 1 is 1.50 bits per heavy atom. The zero-order valence-corrected chi connectivity index (χ0v) is 11.1. The first-order valence-electron chi connectivity index (χ1n) is 5.18. The Labute approximate surface area is 106 Å². The molecule has 88 valence electrons. The molecule has 0 unspecified atom stereocenters. The Balaban J connectivity index is 2.49. The van der Waals surface area contributed by atoms with Gasteiger partial charge >= 0.3 is 0 Å². The van der Waals surface area contributed by atoms with Crippen molar-refractivity contribution in [2.45, 2.75) is 19.8 Å². The zero-order valence-electron chi connectivity index (χ0n) is 9.55. The Morgan fingerprint density at radius 3 is 2.88 bits per heavy atom. The van der Waals surface area contributed by atoms with Crippen molar-refractivity contribution >= 4 is 35.0 Å². The maximum Gasteiger partial charge on any atom is 0.224 e. The highest BCUT2D eigenvalue weighted by atomic mass is 35.5. The van der Waals surface area contributed by atoms with E-state index in [0.29, 0.717) is 11.4 Å². The second kappa shape index (κ2) is 6.81. The molecule has 0 saturated heterocycles. The average Bonchev–Trinajstić information content (AvgIpc) is 2.23. The van der Waals surface area contributed by atoms with Gasteiger partial charge in [-0.25, -0.2) is 0 Å². The number of amides is 1. The molecule has 0 aliphatic rings. The van der Waals surface area contributed by atoms with Gasteiger partial charge in [-0.05, 0) is 49.1 Å². The SMILES string of the molecule is CSCCCC(=O)Nc1ccc(Cl)cc1C. The van der Waals surface area contributed by atoms with Crippen LogP contribution in [-0.4, -0.2) is 17.9 Å². The van der Waals surface area contributed by atoms with Gasteiger partial charge in [-0.1, -0.05) is 11.6 Å². The van der Waals surface area contributed by atoms with E-state index >= 15 is 0 Å². The van der Waals surface area contributed by atoms with Crippen LogP contribution in [0.15, 0.2) is 18.2 Å². The third-order valence-corrected chi connectivity index (χ3v) is 3.15. The van der Waals surface area contributed by atoms with Gasteiger partial charge in [0.05, 0.1) is 0 Å². The van der Waals surface area contributed by atoms with E-state index in [-0.39, 0.29) is 5.91 Å². The molecule has 0 aliphatic carbocycles. The third kappa shape index (κ3) is 4.45. The van der Waals surface area contributed by atoms with E-state index in [0.717, 1.165) is 23.4 Å². The maximum atomic E-state index is 11.6. The Kier molecular flexibility index (Phi) is 5.71. The van der Waals surface area contributed by atoms with Gasteiger partial charge in [-0.15, -0.1) is 0 Å². The topological polar surface area (TPSA) is 29.1 Å².